The number of benzene rings is 2. The van der Waals surface area contributed by atoms with Gasteiger partial charge in [0.05, 0.1) is 24.4 Å². The number of aryl methyl sites for hydroxylation is 1. The maximum atomic E-state index is 12.4. The van der Waals surface area contributed by atoms with Crippen LogP contribution < -0.4 is 10.3 Å². The maximum absolute atomic E-state index is 12.4. The number of hydrogen-bond acceptors (Lipinski definition) is 6. The Labute approximate surface area is 180 Å². The first-order valence-electron chi connectivity index (χ1n) is 9.86. The third kappa shape index (κ3) is 5.48. The number of rotatable bonds is 8. The molecule has 0 saturated heterocycles. The lowest BCUT2D eigenvalue weighted by molar-refractivity contribution is -0.151. The van der Waals surface area contributed by atoms with Crippen molar-refractivity contribution in [2.75, 3.05) is 20.8 Å². The molecule has 8 nitrogen and oxygen atoms in total. The average Bonchev–Trinajstić information content (AvgIpc) is 2.79. The minimum atomic E-state index is -0.520. The quantitative estimate of drug-likeness (QED) is 0.515. The summed E-state index contributed by atoms with van der Waals surface area (Å²) in [6.07, 6.45) is 0.263. The van der Waals surface area contributed by atoms with Crippen molar-refractivity contribution < 1.29 is 19.1 Å². The molecule has 2 aromatic carbocycles. The van der Waals surface area contributed by atoms with Crippen LogP contribution in [0, 0.1) is 0 Å². The molecule has 0 radical (unpaired) electrons. The molecule has 1 heterocycles. The van der Waals surface area contributed by atoms with E-state index in [0.29, 0.717) is 23.3 Å². The topological polar surface area (TPSA) is 90.7 Å². The molecule has 0 spiro atoms. The molecule has 1 aromatic heterocycles. The largest absolute Gasteiger partial charge is 0.497 e. The lowest BCUT2D eigenvalue weighted by atomic mass is 10.2. The molecule has 0 bridgehead atoms. The van der Waals surface area contributed by atoms with E-state index >= 15 is 0 Å². The molecule has 0 atom stereocenters. The number of carbonyl (C=O) groups is 2. The van der Waals surface area contributed by atoms with Gasteiger partial charge in [-0.1, -0.05) is 24.3 Å². The van der Waals surface area contributed by atoms with E-state index in [4.69, 9.17) is 9.47 Å². The van der Waals surface area contributed by atoms with Crippen LogP contribution in [0.1, 0.15) is 17.8 Å². The molecule has 0 fully saturated rings. The summed E-state index contributed by atoms with van der Waals surface area (Å²) in [5, 5.41) is 0.529. The summed E-state index contributed by atoms with van der Waals surface area (Å²) < 4.78 is 11.7. The van der Waals surface area contributed by atoms with E-state index in [9.17, 15) is 14.4 Å². The van der Waals surface area contributed by atoms with Crippen LogP contribution in [0.15, 0.2) is 53.3 Å². The molecule has 0 aliphatic carbocycles. The van der Waals surface area contributed by atoms with Crippen molar-refractivity contribution in [2.45, 2.75) is 19.4 Å². The molecular formula is C23H25N3O5. The number of fused-ring (bicyclic) bond motifs is 1. The van der Waals surface area contributed by atoms with Gasteiger partial charge in [0.1, 0.15) is 11.6 Å². The molecule has 0 saturated carbocycles. The van der Waals surface area contributed by atoms with Gasteiger partial charge in [-0.2, -0.15) is 0 Å². The number of nitrogens with zero attached hydrogens (tertiary/aromatic N) is 3. The summed E-state index contributed by atoms with van der Waals surface area (Å²) in [6.45, 7) is 0.0546. The fourth-order valence-corrected chi connectivity index (χ4v) is 3.12. The van der Waals surface area contributed by atoms with E-state index in [-0.39, 0.29) is 30.9 Å². The van der Waals surface area contributed by atoms with Crippen molar-refractivity contribution in [1.29, 1.82) is 0 Å². The van der Waals surface area contributed by atoms with Gasteiger partial charge in [0.25, 0.3) is 11.5 Å². The molecule has 0 aliphatic rings. The third-order valence-corrected chi connectivity index (χ3v) is 4.99. The number of hydrogen-bond donors (Lipinski definition) is 0. The Hall–Kier alpha value is -3.68. The van der Waals surface area contributed by atoms with Crippen LogP contribution in [0.5, 0.6) is 5.75 Å². The number of carbonyl (C=O) groups excluding carboxylic acids is 2. The van der Waals surface area contributed by atoms with Crippen LogP contribution in [0.2, 0.25) is 0 Å². The summed E-state index contributed by atoms with van der Waals surface area (Å²) in [4.78, 5) is 42.7. The van der Waals surface area contributed by atoms with E-state index in [1.165, 1.54) is 9.47 Å². The summed E-state index contributed by atoms with van der Waals surface area (Å²) in [5.74, 6) is 0.405. The molecule has 0 unspecified atom stereocenters. The van der Waals surface area contributed by atoms with Gasteiger partial charge < -0.3 is 14.4 Å². The Bertz CT molecular complexity index is 1140. The van der Waals surface area contributed by atoms with Gasteiger partial charge in [-0.05, 0) is 29.8 Å². The van der Waals surface area contributed by atoms with Gasteiger partial charge in [0.2, 0.25) is 0 Å². The van der Waals surface area contributed by atoms with Crippen LogP contribution >= 0.6 is 0 Å². The van der Waals surface area contributed by atoms with Crippen molar-refractivity contribution in [1.82, 2.24) is 14.5 Å². The number of ether oxygens (including phenoxy) is 2. The zero-order valence-electron chi connectivity index (χ0n) is 17.8. The second kappa shape index (κ2) is 9.88. The molecule has 8 heteroatoms. The first-order chi connectivity index (χ1) is 14.9. The lowest BCUT2D eigenvalue weighted by Gasteiger charge is -2.17. The first-order valence-corrected chi connectivity index (χ1v) is 9.86. The molecule has 162 valence electrons. The zero-order chi connectivity index (χ0) is 22.4. The van der Waals surface area contributed by atoms with Gasteiger partial charge in [-0.15, -0.1) is 0 Å². The highest BCUT2D eigenvalue weighted by Gasteiger charge is 2.14. The Kier molecular flexibility index (Phi) is 7.02. The normalized spacial score (nSPS) is 10.7. The van der Waals surface area contributed by atoms with Crippen molar-refractivity contribution >= 4 is 22.8 Å². The lowest BCUT2D eigenvalue weighted by Crippen LogP contribution is -2.31. The van der Waals surface area contributed by atoms with Crippen molar-refractivity contribution in [2.24, 2.45) is 7.05 Å². The molecule has 3 aromatic rings. The van der Waals surface area contributed by atoms with E-state index in [2.05, 4.69) is 4.98 Å². The maximum Gasteiger partial charge on any atom is 0.306 e. The Morgan fingerprint density at radius 3 is 2.52 bits per heavy atom. The molecule has 3 rings (SSSR count). The summed E-state index contributed by atoms with van der Waals surface area (Å²) in [6, 6.07) is 14.5. The van der Waals surface area contributed by atoms with Gasteiger partial charge in [-0.25, -0.2) is 4.98 Å². The van der Waals surface area contributed by atoms with Crippen LogP contribution in [-0.4, -0.2) is 47.1 Å². The highest BCUT2D eigenvalue weighted by molar-refractivity contribution is 5.80. The van der Waals surface area contributed by atoms with E-state index in [0.717, 1.165) is 11.3 Å². The molecule has 0 aliphatic heterocycles. The van der Waals surface area contributed by atoms with Gasteiger partial charge in [0, 0.05) is 27.1 Å². The van der Waals surface area contributed by atoms with Crippen LogP contribution in [0.3, 0.4) is 0 Å². The van der Waals surface area contributed by atoms with Gasteiger partial charge in [-0.3, -0.25) is 19.0 Å². The SMILES string of the molecule is COc1ccc(CN(C)C(=O)COC(=O)CCc2nc3ccccc3c(=O)n2C)cc1. The molecular weight excluding hydrogens is 398 g/mol. The van der Waals surface area contributed by atoms with E-state index in [1.54, 1.807) is 45.5 Å². The third-order valence-electron chi connectivity index (χ3n) is 4.99. The van der Waals surface area contributed by atoms with Gasteiger partial charge >= 0.3 is 5.97 Å². The molecule has 1 amide bonds. The number of esters is 1. The molecule has 31 heavy (non-hydrogen) atoms. The monoisotopic (exact) mass is 423 g/mol. The summed E-state index contributed by atoms with van der Waals surface area (Å²) in [5.41, 5.74) is 1.36. The minimum Gasteiger partial charge on any atom is -0.497 e. The summed E-state index contributed by atoms with van der Waals surface area (Å²) in [7, 11) is 4.87. The highest BCUT2D eigenvalue weighted by Crippen LogP contribution is 2.13. The smallest absolute Gasteiger partial charge is 0.306 e. The Morgan fingerprint density at radius 1 is 1.10 bits per heavy atom. The number of likely N-dealkylation sites (N-methyl/N-ethyl adjacent to an activating group) is 1. The predicted molar refractivity (Wildman–Crippen MR) is 116 cm³/mol. The van der Waals surface area contributed by atoms with E-state index < -0.39 is 5.97 Å². The number of aromatic nitrogens is 2. The average molecular weight is 423 g/mol. The summed E-state index contributed by atoms with van der Waals surface area (Å²) >= 11 is 0. The van der Waals surface area contributed by atoms with Crippen LogP contribution in [-0.2, 0) is 34.3 Å². The van der Waals surface area contributed by atoms with E-state index in [1.807, 2.05) is 24.3 Å². The van der Waals surface area contributed by atoms with Gasteiger partial charge in [0.15, 0.2) is 6.61 Å². The second-order valence-corrected chi connectivity index (χ2v) is 7.17. The van der Waals surface area contributed by atoms with Crippen molar-refractivity contribution in [3.8, 4) is 5.75 Å². The van der Waals surface area contributed by atoms with Crippen molar-refractivity contribution in [3.63, 3.8) is 0 Å². The fraction of sp³-hybridized carbons (Fsp3) is 0.304. The Morgan fingerprint density at radius 2 is 1.81 bits per heavy atom. The number of para-hydroxylation sites is 1. The predicted octanol–water partition coefficient (Wildman–Crippen LogP) is 2.08. The first kappa shape index (κ1) is 22.0. The zero-order valence-corrected chi connectivity index (χ0v) is 17.8. The highest BCUT2D eigenvalue weighted by atomic mass is 16.5. The minimum absolute atomic E-state index is 0.0219. The van der Waals surface area contributed by atoms with Crippen LogP contribution in [0.4, 0.5) is 0 Å². The number of methoxy groups -OCH3 is 1. The van der Waals surface area contributed by atoms with Crippen molar-refractivity contribution in [3.05, 3.63) is 70.3 Å². The molecule has 0 N–H and O–H groups in total. The fourth-order valence-electron chi connectivity index (χ4n) is 3.12. The Balaban J connectivity index is 1.50. The second-order valence-electron chi connectivity index (χ2n) is 7.17. The van der Waals surface area contributed by atoms with Crippen LogP contribution in [0.25, 0.3) is 10.9 Å². The standard InChI is InChI=1S/C23H25N3O5/c1-25(14-16-8-10-17(30-3)11-9-16)21(27)15-31-22(28)13-12-20-24-19-7-5-4-6-18(19)23(29)26(20)2/h4-11H,12-15H2,1-3H3. The number of amides is 1.